The summed E-state index contributed by atoms with van der Waals surface area (Å²) in [7, 11) is 3.21. The first kappa shape index (κ1) is 37.7. The van der Waals surface area contributed by atoms with Crippen LogP contribution in [0.4, 0.5) is 4.79 Å². The van der Waals surface area contributed by atoms with E-state index in [2.05, 4.69) is 5.32 Å². The number of amides is 3. The van der Waals surface area contributed by atoms with Crippen molar-refractivity contribution in [3.63, 3.8) is 0 Å². The molecular weight excluding hydrogens is 546 g/mol. The van der Waals surface area contributed by atoms with Crippen molar-refractivity contribution in [1.29, 1.82) is 0 Å². The van der Waals surface area contributed by atoms with Gasteiger partial charge in [0.15, 0.2) is 0 Å². The van der Waals surface area contributed by atoms with Crippen molar-refractivity contribution in [2.75, 3.05) is 20.7 Å². The van der Waals surface area contributed by atoms with Crippen molar-refractivity contribution in [2.45, 2.75) is 112 Å². The lowest BCUT2D eigenvalue weighted by Crippen LogP contribution is -2.63. The molecule has 43 heavy (non-hydrogen) atoms. The fourth-order valence-electron chi connectivity index (χ4n) is 4.99. The molecule has 3 amide bonds. The number of benzene rings is 1. The van der Waals surface area contributed by atoms with E-state index in [4.69, 9.17) is 9.47 Å². The number of hydrogen-bond acceptors (Lipinski definition) is 6. The summed E-state index contributed by atoms with van der Waals surface area (Å²) in [6.45, 7) is 22.3. The minimum Gasteiger partial charge on any atom is -0.463 e. The predicted octanol–water partition coefficient (Wildman–Crippen LogP) is 5.72. The summed E-state index contributed by atoms with van der Waals surface area (Å²) >= 11 is 0. The van der Waals surface area contributed by atoms with Crippen LogP contribution in [0.1, 0.15) is 88.6 Å². The molecule has 1 rings (SSSR count). The highest BCUT2D eigenvalue weighted by molar-refractivity contribution is 5.93. The lowest BCUT2D eigenvalue weighted by atomic mass is 9.76. The Morgan fingerprint density at radius 3 is 1.88 bits per heavy atom. The molecule has 0 aliphatic carbocycles. The average Bonchev–Trinajstić information content (AvgIpc) is 2.88. The SMILES string of the molecule is CCOC(=O)/C(C)=C/C(C(C)C)N(C)C(=O)C(NC(=O)C(N(C)C(=O)OC(C)(C)C)C(C)(C)c1ccccc1)C(C)(C)C. The van der Waals surface area contributed by atoms with Crippen LogP contribution in [-0.4, -0.2) is 78.1 Å². The molecule has 3 atom stereocenters. The van der Waals surface area contributed by atoms with E-state index in [-0.39, 0.29) is 18.4 Å². The Hall–Kier alpha value is -3.36. The van der Waals surface area contributed by atoms with Gasteiger partial charge < -0.3 is 19.7 Å². The molecule has 0 fully saturated rings. The second-order valence-electron chi connectivity index (χ2n) is 14.1. The molecule has 0 aromatic heterocycles. The van der Waals surface area contributed by atoms with Crippen LogP contribution in [-0.2, 0) is 29.3 Å². The summed E-state index contributed by atoms with van der Waals surface area (Å²) in [5.41, 5.74) is -1.06. The fourth-order valence-corrected chi connectivity index (χ4v) is 4.99. The summed E-state index contributed by atoms with van der Waals surface area (Å²) in [5.74, 6) is -1.27. The first-order chi connectivity index (χ1) is 19.6. The van der Waals surface area contributed by atoms with Crippen LogP contribution < -0.4 is 5.32 Å². The number of hydrogen-bond donors (Lipinski definition) is 1. The second kappa shape index (κ2) is 14.9. The second-order valence-corrected chi connectivity index (χ2v) is 14.1. The molecule has 1 aromatic rings. The van der Waals surface area contributed by atoms with E-state index in [1.165, 1.54) is 4.90 Å². The Bertz CT molecular complexity index is 1140. The van der Waals surface area contributed by atoms with Crippen LogP contribution in [0, 0.1) is 11.3 Å². The number of nitrogens with zero attached hydrogens (tertiary/aromatic N) is 2. The van der Waals surface area contributed by atoms with Gasteiger partial charge in [-0.15, -0.1) is 0 Å². The quantitative estimate of drug-likeness (QED) is 0.257. The topological polar surface area (TPSA) is 105 Å². The maximum absolute atomic E-state index is 14.3. The van der Waals surface area contributed by atoms with Crippen molar-refractivity contribution in [3.8, 4) is 0 Å². The van der Waals surface area contributed by atoms with Crippen LogP contribution in [0.25, 0.3) is 0 Å². The number of ether oxygens (including phenoxy) is 2. The Morgan fingerprint density at radius 1 is 0.907 bits per heavy atom. The van der Waals surface area contributed by atoms with E-state index in [1.54, 1.807) is 59.7 Å². The van der Waals surface area contributed by atoms with E-state index in [9.17, 15) is 19.2 Å². The van der Waals surface area contributed by atoms with E-state index in [0.29, 0.717) is 5.57 Å². The summed E-state index contributed by atoms with van der Waals surface area (Å²) in [6, 6.07) is 7.09. The van der Waals surface area contributed by atoms with E-state index < -0.39 is 52.5 Å². The van der Waals surface area contributed by atoms with Gasteiger partial charge in [-0.1, -0.05) is 84.9 Å². The highest BCUT2D eigenvalue weighted by atomic mass is 16.6. The van der Waals surface area contributed by atoms with Gasteiger partial charge in [-0.3, -0.25) is 14.5 Å². The molecule has 1 aromatic carbocycles. The molecule has 9 heteroatoms. The summed E-state index contributed by atoms with van der Waals surface area (Å²) < 4.78 is 10.8. The zero-order valence-electron chi connectivity index (χ0n) is 28.8. The number of carbonyl (C=O) groups is 4. The molecule has 0 aliphatic heterocycles. The Kier molecular flexibility index (Phi) is 13.0. The van der Waals surface area contributed by atoms with Gasteiger partial charge in [0, 0.05) is 25.1 Å². The molecular formula is C34H55N3O6. The van der Waals surface area contributed by atoms with E-state index in [0.717, 1.165) is 5.56 Å². The van der Waals surface area contributed by atoms with Gasteiger partial charge in [0.2, 0.25) is 11.8 Å². The first-order valence-corrected chi connectivity index (χ1v) is 15.0. The van der Waals surface area contributed by atoms with Crippen molar-refractivity contribution in [1.82, 2.24) is 15.1 Å². The highest BCUT2D eigenvalue weighted by Gasteiger charge is 2.45. The predicted molar refractivity (Wildman–Crippen MR) is 170 cm³/mol. The number of rotatable bonds is 11. The van der Waals surface area contributed by atoms with Crippen LogP contribution in [0.5, 0.6) is 0 Å². The lowest BCUT2D eigenvalue weighted by molar-refractivity contribution is -0.142. The molecule has 1 N–H and O–H groups in total. The molecule has 0 aliphatic rings. The Balaban J connectivity index is 3.58. The largest absolute Gasteiger partial charge is 0.463 e. The molecule has 0 saturated heterocycles. The van der Waals surface area contributed by atoms with Crippen molar-refractivity contribution in [3.05, 3.63) is 47.5 Å². The number of nitrogens with one attached hydrogen (secondary N) is 1. The molecule has 0 spiro atoms. The zero-order valence-corrected chi connectivity index (χ0v) is 28.8. The molecule has 9 nitrogen and oxygen atoms in total. The van der Waals surface area contributed by atoms with Gasteiger partial charge in [0.1, 0.15) is 17.7 Å². The van der Waals surface area contributed by atoms with Gasteiger partial charge >= 0.3 is 12.1 Å². The van der Waals surface area contributed by atoms with Gasteiger partial charge in [-0.25, -0.2) is 9.59 Å². The van der Waals surface area contributed by atoms with Crippen molar-refractivity contribution >= 4 is 23.9 Å². The molecule has 3 unspecified atom stereocenters. The van der Waals surface area contributed by atoms with Crippen LogP contribution in [0.15, 0.2) is 42.0 Å². The van der Waals surface area contributed by atoms with E-state index in [1.807, 2.05) is 78.8 Å². The number of esters is 1. The molecule has 0 bridgehead atoms. The third-order valence-electron chi connectivity index (χ3n) is 7.41. The fraction of sp³-hybridized carbons (Fsp3) is 0.647. The van der Waals surface area contributed by atoms with Crippen molar-refractivity contribution < 1.29 is 28.7 Å². The Labute approximate surface area is 259 Å². The highest BCUT2D eigenvalue weighted by Crippen LogP contribution is 2.32. The standard InChI is InChI=1S/C34H55N3O6/c1-15-42-30(40)23(4)21-25(22(2)3)36(13)29(39)26(32(5,6)7)35-28(38)27(37(14)31(41)43-33(8,9)10)34(11,12)24-19-17-16-18-20-24/h16-22,25-27H,15H2,1-14H3,(H,35,38)/b23-21+. The summed E-state index contributed by atoms with van der Waals surface area (Å²) in [5, 5.41) is 3.01. The maximum atomic E-state index is 14.3. The van der Waals surface area contributed by atoms with Gasteiger partial charge in [-0.05, 0) is 51.5 Å². The normalized spacial score (nSPS) is 14.8. The van der Waals surface area contributed by atoms with Crippen LogP contribution >= 0.6 is 0 Å². The molecule has 242 valence electrons. The van der Waals surface area contributed by atoms with Crippen LogP contribution in [0.2, 0.25) is 0 Å². The first-order valence-electron chi connectivity index (χ1n) is 15.0. The minimum atomic E-state index is -1.01. The zero-order chi connectivity index (χ0) is 33.5. The van der Waals surface area contributed by atoms with Crippen molar-refractivity contribution in [2.24, 2.45) is 11.3 Å². The Morgan fingerprint density at radius 2 is 1.44 bits per heavy atom. The van der Waals surface area contributed by atoms with E-state index >= 15 is 0 Å². The molecule has 0 heterocycles. The smallest absolute Gasteiger partial charge is 0.410 e. The molecule has 0 saturated carbocycles. The average molecular weight is 602 g/mol. The van der Waals surface area contributed by atoms with Gasteiger partial charge in [0.25, 0.3) is 0 Å². The summed E-state index contributed by atoms with van der Waals surface area (Å²) in [6.07, 6.45) is 1.09. The number of carbonyl (C=O) groups excluding carboxylic acids is 4. The minimum absolute atomic E-state index is 0.0299. The number of likely N-dealkylation sites (N-methyl/N-ethyl adjacent to an activating group) is 2. The molecule has 0 radical (unpaired) electrons. The summed E-state index contributed by atoms with van der Waals surface area (Å²) in [4.78, 5) is 56.9. The van der Waals surface area contributed by atoms with Gasteiger partial charge in [0.05, 0.1) is 12.6 Å². The third-order valence-corrected chi connectivity index (χ3v) is 7.41. The third kappa shape index (κ3) is 10.4. The van der Waals surface area contributed by atoms with Gasteiger partial charge in [-0.2, -0.15) is 0 Å². The monoisotopic (exact) mass is 601 g/mol. The maximum Gasteiger partial charge on any atom is 0.410 e. The van der Waals surface area contributed by atoms with Crippen LogP contribution in [0.3, 0.4) is 0 Å². The lowest BCUT2D eigenvalue weighted by Gasteiger charge is -2.42.